The Morgan fingerprint density at radius 3 is 2.82 bits per heavy atom. The second-order valence-corrected chi connectivity index (χ2v) is 2.37. The summed E-state index contributed by atoms with van der Waals surface area (Å²) in [6.45, 7) is 4.02. The van der Waals surface area contributed by atoms with Crippen LogP contribution in [-0.4, -0.2) is 37.8 Å². The smallest absolute Gasteiger partial charge is 0.0877 e. The van der Waals surface area contributed by atoms with Gasteiger partial charge in [-0.1, -0.05) is 0 Å². The molecule has 0 unspecified atom stereocenters. The van der Waals surface area contributed by atoms with Crippen molar-refractivity contribution in [1.29, 1.82) is 0 Å². The van der Waals surface area contributed by atoms with Crippen molar-refractivity contribution >= 4 is 0 Å². The fourth-order valence-corrected chi connectivity index (χ4v) is 0.974. The molecule has 1 rings (SSSR count). The third kappa shape index (κ3) is 3.36. The third-order valence-corrected chi connectivity index (χ3v) is 1.55. The van der Waals surface area contributed by atoms with E-state index in [2.05, 4.69) is 9.74 Å². The first-order chi connectivity index (χ1) is 5.43. The SMILES string of the molecule is NOCC=CN1CCOCC1. The standard InChI is InChI=1S/C7H14N2O2/c8-11-5-1-2-9-3-6-10-7-4-9/h1-2H,3-8H2. The van der Waals surface area contributed by atoms with Gasteiger partial charge in [0.05, 0.1) is 19.8 Å². The van der Waals surface area contributed by atoms with E-state index in [-0.39, 0.29) is 0 Å². The van der Waals surface area contributed by atoms with Gasteiger partial charge in [-0.05, 0) is 12.3 Å². The quantitative estimate of drug-likeness (QED) is 0.574. The molecule has 1 heterocycles. The molecule has 1 aliphatic heterocycles. The van der Waals surface area contributed by atoms with Gasteiger partial charge < -0.3 is 14.5 Å². The van der Waals surface area contributed by atoms with Gasteiger partial charge in [-0.25, -0.2) is 5.90 Å². The Labute approximate surface area is 66.5 Å². The molecule has 0 aromatic heterocycles. The number of nitrogens with two attached hydrogens (primary N) is 1. The van der Waals surface area contributed by atoms with Crippen molar-refractivity contribution in [2.75, 3.05) is 32.9 Å². The summed E-state index contributed by atoms with van der Waals surface area (Å²) in [5.74, 6) is 4.85. The molecule has 0 atom stereocenters. The van der Waals surface area contributed by atoms with E-state index in [0.29, 0.717) is 6.61 Å². The Bertz CT molecular complexity index is 122. The van der Waals surface area contributed by atoms with E-state index in [4.69, 9.17) is 10.6 Å². The lowest BCUT2D eigenvalue weighted by molar-refractivity contribution is 0.0588. The predicted molar refractivity (Wildman–Crippen MR) is 41.7 cm³/mol. The molecule has 0 spiro atoms. The lowest BCUT2D eigenvalue weighted by atomic mass is 10.4. The highest BCUT2D eigenvalue weighted by Gasteiger charge is 2.04. The van der Waals surface area contributed by atoms with Crippen molar-refractivity contribution < 1.29 is 9.57 Å². The monoisotopic (exact) mass is 158 g/mol. The fraction of sp³-hybridized carbons (Fsp3) is 0.714. The lowest BCUT2D eigenvalue weighted by Crippen LogP contribution is -2.32. The highest BCUT2D eigenvalue weighted by atomic mass is 16.6. The van der Waals surface area contributed by atoms with Gasteiger partial charge in [0.2, 0.25) is 0 Å². The number of ether oxygens (including phenoxy) is 1. The zero-order chi connectivity index (χ0) is 7.94. The summed E-state index contributed by atoms with van der Waals surface area (Å²) >= 11 is 0. The number of hydrogen-bond donors (Lipinski definition) is 1. The van der Waals surface area contributed by atoms with Gasteiger partial charge in [0.25, 0.3) is 0 Å². The predicted octanol–water partition coefficient (Wildman–Crippen LogP) is -0.277. The minimum Gasteiger partial charge on any atom is -0.378 e. The number of rotatable bonds is 3. The molecule has 1 fully saturated rings. The van der Waals surface area contributed by atoms with Gasteiger partial charge in [-0.3, -0.25) is 0 Å². The van der Waals surface area contributed by atoms with Crippen LogP contribution < -0.4 is 5.90 Å². The molecule has 0 aliphatic carbocycles. The third-order valence-electron chi connectivity index (χ3n) is 1.55. The largest absolute Gasteiger partial charge is 0.378 e. The van der Waals surface area contributed by atoms with Crippen LogP contribution in [0.5, 0.6) is 0 Å². The summed E-state index contributed by atoms with van der Waals surface area (Å²) in [4.78, 5) is 6.57. The van der Waals surface area contributed by atoms with E-state index >= 15 is 0 Å². The summed E-state index contributed by atoms with van der Waals surface area (Å²) in [7, 11) is 0. The summed E-state index contributed by atoms with van der Waals surface area (Å²) in [5.41, 5.74) is 0. The maximum absolute atomic E-state index is 5.17. The molecular formula is C7H14N2O2. The highest BCUT2D eigenvalue weighted by molar-refractivity contribution is 4.83. The molecule has 0 aromatic rings. The van der Waals surface area contributed by atoms with Crippen LogP contribution in [0, 0.1) is 0 Å². The molecule has 0 saturated carbocycles. The Morgan fingerprint density at radius 2 is 2.18 bits per heavy atom. The number of morpholine rings is 1. The van der Waals surface area contributed by atoms with Crippen molar-refractivity contribution in [3.8, 4) is 0 Å². The van der Waals surface area contributed by atoms with Crippen LogP contribution in [0.1, 0.15) is 0 Å². The fourth-order valence-electron chi connectivity index (χ4n) is 0.974. The zero-order valence-corrected chi connectivity index (χ0v) is 6.53. The Morgan fingerprint density at radius 1 is 1.45 bits per heavy atom. The first kappa shape index (κ1) is 8.52. The molecule has 1 saturated heterocycles. The van der Waals surface area contributed by atoms with E-state index in [1.54, 1.807) is 0 Å². The van der Waals surface area contributed by atoms with Crippen molar-refractivity contribution in [1.82, 2.24) is 4.90 Å². The van der Waals surface area contributed by atoms with Crippen molar-refractivity contribution in [2.45, 2.75) is 0 Å². The molecule has 0 aromatic carbocycles. The van der Waals surface area contributed by atoms with Crippen LogP contribution in [0.4, 0.5) is 0 Å². The molecular weight excluding hydrogens is 144 g/mol. The van der Waals surface area contributed by atoms with Crippen LogP contribution >= 0.6 is 0 Å². The Balaban J connectivity index is 2.13. The second-order valence-electron chi connectivity index (χ2n) is 2.37. The average Bonchev–Trinajstić information content (AvgIpc) is 2.07. The number of hydrogen-bond acceptors (Lipinski definition) is 4. The average molecular weight is 158 g/mol. The Hall–Kier alpha value is -0.580. The molecule has 1 aliphatic rings. The highest BCUT2D eigenvalue weighted by Crippen LogP contribution is 1.96. The second kappa shape index (κ2) is 5.12. The van der Waals surface area contributed by atoms with E-state index in [9.17, 15) is 0 Å². The number of nitrogens with zero attached hydrogens (tertiary/aromatic N) is 1. The summed E-state index contributed by atoms with van der Waals surface area (Å²) in [6.07, 6.45) is 3.89. The summed E-state index contributed by atoms with van der Waals surface area (Å²) in [6, 6.07) is 0. The van der Waals surface area contributed by atoms with Crippen molar-refractivity contribution in [3.05, 3.63) is 12.3 Å². The van der Waals surface area contributed by atoms with Gasteiger partial charge in [0, 0.05) is 13.1 Å². The van der Waals surface area contributed by atoms with Gasteiger partial charge in [0.1, 0.15) is 0 Å². The Kier molecular flexibility index (Phi) is 3.96. The maximum atomic E-state index is 5.17. The van der Waals surface area contributed by atoms with E-state index in [1.165, 1.54) is 0 Å². The molecule has 0 bridgehead atoms. The molecule has 4 heteroatoms. The summed E-state index contributed by atoms with van der Waals surface area (Å²) in [5, 5.41) is 0. The van der Waals surface area contributed by atoms with Crippen LogP contribution in [-0.2, 0) is 9.57 Å². The lowest BCUT2D eigenvalue weighted by Gasteiger charge is -2.24. The minimum absolute atomic E-state index is 0.470. The van der Waals surface area contributed by atoms with Crippen LogP contribution in [0.3, 0.4) is 0 Å². The topological polar surface area (TPSA) is 47.7 Å². The molecule has 0 radical (unpaired) electrons. The molecule has 4 nitrogen and oxygen atoms in total. The van der Waals surface area contributed by atoms with Crippen molar-refractivity contribution in [2.24, 2.45) is 5.90 Å². The van der Waals surface area contributed by atoms with Crippen LogP contribution in [0.15, 0.2) is 12.3 Å². The molecule has 2 N–H and O–H groups in total. The first-order valence-corrected chi connectivity index (χ1v) is 3.73. The van der Waals surface area contributed by atoms with Crippen LogP contribution in [0.25, 0.3) is 0 Å². The minimum atomic E-state index is 0.470. The van der Waals surface area contributed by atoms with Gasteiger partial charge >= 0.3 is 0 Å². The van der Waals surface area contributed by atoms with E-state index < -0.39 is 0 Å². The molecule has 64 valence electrons. The van der Waals surface area contributed by atoms with E-state index in [0.717, 1.165) is 26.3 Å². The van der Waals surface area contributed by atoms with Gasteiger partial charge in [-0.15, -0.1) is 0 Å². The van der Waals surface area contributed by atoms with E-state index in [1.807, 2.05) is 12.3 Å². The van der Waals surface area contributed by atoms with Gasteiger partial charge in [0.15, 0.2) is 0 Å². The molecule has 11 heavy (non-hydrogen) atoms. The first-order valence-electron chi connectivity index (χ1n) is 3.73. The molecule has 0 amide bonds. The van der Waals surface area contributed by atoms with Crippen molar-refractivity contribution in [3.63, 3.8) is 0 Å². The van der Waals surface area contributed by atoms with Crippen LogP contribution in [0.2, 0.25) is 0 Å². The normalized spacial score (nSPS) is 19.5. The summed E-state index contributed by atoms with van der Waals surface area (Å²) < 4.78 is 5.17. The zero-order valence-electron chi connectivity index (χ0n) is 6.53. The van der Waals surface area contributed by atoms with Gasteiger partial charge in [-0.2, -0.15) is 0 Å². The maximum Gasteiger partial charge on any atom is 0.0877 e.